The summed E-state index contributed by atoms with van der Waals surface area (Å²) in [6, 6.07) is 1.63. The highest BCUT2D eigenvalue weighted by Crippen LogP contribution is 2.38. The highest BCUT2D eigenvalue weighted by atomic mass is 15.2. The van der Waals surface area contributed by atoms with Crippen LogP contribution in [-0.2, 0) is 0 Å². The van der Waals surface area contributed by atoms with E-state index in [0.29, 0.717) is 5.41 Å². The number of nitrogens with zero attached hydrogens (tertiary/aromatic N) is 1. The van der Waals surface area contributed by atoms with Crippen LogP contribution < -0.4 is 5.32 Å². The minimum absolute atomic E-state index is 0.581. The molecular weight excluding hydrogens is 208 g/mol. The van der Waals surface area contributed by atoms with Crippen LogP contribution in [0.1, 0.15) is 59.3 Å². The molecule has 2 rings (SSSR count). The van der Waals surface area contributed by atoms with Crippen LogP contribution >= 0.6 is 0 Å². The van der Waals surface area contributed by atoms with Crippen LogP contribution in [-0.4, -0.2) is 36.6 Å². The highest BCUT2D eigenvalue weighted by Gasteiger charge is 2.34. The molecule has 2 aliphatic rings. The lowest BCUT2D eigenvalue weighted by Gasteiger charge is -2.39. The smallest absolute Gasteiger partial charge is 0.0207 e. The van der Waals surface area contributed by atoms with Gasteiger partial charge in [0, 0.05) is 25.2 Å². The first kappa shape index (κ1) is 13.4. The van der Waals surface area contributed by atoms with Crippen molar-refractivity contribution in [2.75, 3.05) is 19.6 Å². The summed E-state index contributed by atoms with van der Waals surface area (Å²) in [7, 11) is 0. The molecule has 1 N–H and O–H groups in total. The molecule has 1 saturated heterocycles. The summed E-state index contributed by atoms with van der Waals surface area (Å²) in [4.78, 5) is 2.76. The Hall–Kier alpha value is -0.0800. The summed E-state index contributed by atoms with van der Waals surface area (Å²) in [6.07, 6.45) is 8.32. The number of hydrogen-bond donors (Lipinski definition) is 1. The van der Waals surface area contributed by atoms with E-state index >= 15 is 0 Å². The monoisotopic (exact) mass is 238 g/mol. The van der Waals surface area contributed by atoms with Gasteiger partial charge >= 0.3 is 0 Å². The van der Waals surface area contributed by atoms with Crippen LogP contribution in [0.5, 0.6) is 0 Å². The van der Waals surface area contributed by atoms with E-state index in [2.05, 4.69) is 31.0 Å². The third-order valence-corrected chi connectivity index (χ3v) is 4.60. The molecule has 0 aromatic rings. The van der Waals surface area contributed by atoms with Crippen molar-refractivity contribution in [1.29, 1.82) is 0 Å². The van der Waals surface area contributed by atoms with E-state index in [0.717, 1.165) is 12.1 Å². The molecule has 0 radical (unpaired) electrons. The molecular formula is C15H30N2. The largest absolute Gasteiger partial charge is 0.313 e. The summed E-state index contributed by atoms with van der Waals surface area (Å²) in [5, 5.41) is 3.68. The zero-order valence-corrected chi connectivity index (χ0v) is 12.0. The Morgan fingerprint density at radius 1 is 1.29 bits per heavy atom. The van der Waals surface area contributed by atoms with Crippen LogP contribution in [0.25, 0.3) is 0 Å². The number of likely N-dealkylation sites (tertiary alicyclic amines) is 1. The normalized spacial score (nSPS) is 34.1. The SMILES string of the molecule is CCCNC1CCN(C2CCCC(C)(C)C2)C1. The summed E-state index contributed by atoms with van der Waals surface area (Å²) in [6.45, 7) is 10.9. The molecule has 100 valence electrons. The second-order valence-electron chi connectivity index (χ2n) is 6.85. The Morgan fingerprint density at radius 3 is 2.82 bits per heavy atom. The van der Waals surface area contributed by atoms with E-state index < -0.39 is 0 Å². The molecule has 1 aliphatic carbocycles. The predicted molar refractivity (Wildman–Crippen MR) is 74.3 cm³/mol. The predicted octanol–water partition coefficient (Wildman–Crippen LogP) is 3.03. The fourth-order valence-corrected chi connectivity index (χ4v) is 3.60. The van der Waals surface area contributed by atoms with Gasteiger partial charge < -0.3 is 5.32 Å². The van der Waals surface area contributed by atoms with Crippen LogP contribution in [0.15, 0.2) is 0 Å². The van der Waals surface area contributed by atoms with Crippen LogP contribution in [0, 0.1) is 5.41 Å². The van der Waals surface area contributed by atoms with E-state index in [9.17, 15) is 0 Å². The maximum absolute atomic E-state index is 3.68. The number of nitrogens with one attached hydrogen (secondary N) is 1. The van der Waals surface area contributed by atoms with Gasteiger partial charge in [-0.2, -0.15) is 0 Å². The molecule has 0 spiro atoms. The molecule has 2 nitrogen and oxygen atoms in total. The van der Waals surface area contributed by atoms with Gasteiger partial charge in [-0.05, 0) is 44.1 Å². The Balaban J connectivity index is 1.79. The Morgan fingerprint density at radius 2 is 2.12 bits per heavy atom. The molecule has 1 heterocycles. The fraction of sp³-hybridized carbons (Fsp3) is 1.00. The van der Waals surface area contributed by atoms with Gasteiger partial charge in [-0.3, -0.25) is 4.90 Å². The van der Waals surface area contributed by atoms with Gasteiger partial charge in [0.1, 0.15) is 0 Å². The maximum atomic E-state index is 3.68. The summed E-state index contributed by atoms with van der Waals surface area (Å²) < 4.78 is 0. The molecule has 2 atom stereocenters. The molecule has 2 unspecified atom stereocenters. The molecule has 17 heavy (non-hydrogen) atoms. The van der Waals surface area contributed by atoms with Crippen molar-refractivity contribution < 1.29 is 0 Å². The minimum atomic E-state index is 0.581. The third-order valence-electron chi connectivity index (χ3n) is 4.60. The second kappa shape index (κ2) is 5.71. The van der Waals surface area contributed by atoms with E-state index in [1.165, 1.54) is 58.2 Å². The second-order valence-corrected chi connectivity index (χ2v) is 6.85. The highest BCUT2D eigenvalue weighted by molar-refractivity contribution is 4.90. The average Bonchev–Trinajstić information content (AvgIpc) is 2.73. The lowest BCUT2D eigenvalue weighted by Crippen LogP contribution is -2.41. The van der Waals surface area contributed by atoms with Gasteiger partial charge in [0.25, 0.3) is 0 Å². The van der Waals surface area contributed by atoms with E-state index in [1.54, 1.807) is 0 Å². The molecule has 2 fully saturated rings. The Kier molecular flexibility index (Phi) is 4.48. The number of rotatable bonds is 4. The van der Waals surface area contributed by atoms with E-state index in [4.69, 9.17) is 0 Å². The molecule has 0 bridgehead atoms. The molecule has 0 aromatic heterocycles. The van der Waals surface area contributed by atoms with Gasteiger partial charge in [-0.15, -0.1) is 0 Å². The van der Waals surface area contributed by atoms with Crippen molar-refractivity contribution in [1.82, 2.24) is 10.2 Å². The lowest BCUT2D eigenvalue weighted by atomic mass is 9.75. The summed E-state index contributed by atoms with van der Waals surface area (Å²) in [5.74, 6) is 0. The maximum Gasteiger partial charge on any atom is 0.0207 e. The quantitative estimate of drug-likeness (QED) is 0.810. The fourth-order valence-electron chi connectivity index (χ4n) is 3.60. The van der Waals surface area contributed by atoms with Crippen LogP contribution in [0.2, 0.25) is 0 Å². The Labute approximate surface area is 107 Å². The summed E-state index contributed by atoms with van der Waals surface area (Å²) in [5.41, 5.74) is 0.581. The minimum Gasteiger partial charge on any atom is -0.313 e. The van der Waals surface area contributed by atoms with Crippen LogP contribution in [0.3, 0.4) is 0 Å². The molecule has 1 saturated carbocycles. The third kappa shape index (κ3) is 3.69. The van der Waals surface area contributed by atoms with Crippen molar-refractivity contribution in [3.05, 3.63) is 0 Å². The first-order valence-electron chi connectivity index (χ1n) is 7.58. The Bertz CT molecular complexity index is 237. The first-order valence-corrected chi connectivity index (χ1v) is 7.58. The van der Waals surface area contributed by atoms with Crippen molar-refractivity contribution in [3.63, 3.8) is 0 Å². The van der Waals surface area contributed by atoms with E-state index in [-0.39, 0.29) is 0 Å². The molecule has 0 aromatic carbocycles. The lowest BCUT2D eigenvalue weighted by molar-refractivity contribution is 0.112. The molecule has 2 heteroatoms. The topological polar surface area (TPSA) is 15.3 Å². The van der Waals surface area contributed by atoms with Crippen molar-refractivity contribution >= 4 is 0 Å². The summed E-state index contributed by atoms with van der Waals surface area (Å²) >= 11 is 0. The standard InChI is InChI=1S/C15H30N2/c1-4-9-16-13-7-10-17(12-13)14-6-5-8-15(2,3)11-14/h13-14,16H,4-12H2,1-3H3. The van der Waals surface area contributed by atoms with Crippen molar-refractivity contribution in [2.24, 2.45) is 5.41 Å². The van der Waals surface area contributed by atoms with Crippen molar-refractivity contribution in [2.45, 2.75) is 71.4 Å². The average molecular weight is 238 g/mol. The van der Waals surface area contributed by atoms with Gasteiger partial charge in [-0.25, -0.2) is 0 Å². The van der Waals surface area contributed by atoms with E-state index in [1.807, 2.05) is 0 Å². The van der Waals surface area contributed by atoms with Gasteiger partial charge in [0.05, 0.1) is 0 Å². The zero-order valence-electron chi connectivity index (χ0n) is 12.0. The van der Waals surface area contributed by atoms with Gasteiger partial charge in [0.15, 0.2) is 0 Å². The first-order chi connectivity index (χ1) is 8.11. The molecule has 0 amide bonds. The number of hydrogen-bond acceptors (Lipinski definition) is 2. The molecule has 1 aliphatic heterocycles. The van der Waals surface area contributed by atoms with Gasteiger partial charge in [-0.1, -0.05) is 27.2 Å². The van der Waals surface area contributed by atoms with Crippen LogP contribution in [0.4, 0.5) is 0 Å². The zero-order chi connectivity index (χ0) is 12.3. The van der Waals surface area contributed by atoms with Crippen molar-refractivity contribution in [3.8, 4) is 0 Å². The van der Waals surface area contributed by atoms with Gasteiger partial charge in [0.2, 0.25) is 0 Å².